The van der Waals surface area contributed by atoms with E-state index in [0.29, 0.717) is 0 Å². The van der Waals surface area contributed by atoms with Crippen molar-refractivity contribution in [3.05, 3.63) is 23.1 Å². The van der Waals surface area contributed by atoms with Crippen molar-refractivity contribution in [1.29, 1.82) is 0 Å². The van der Waals surface area contributed by atoms with Crippen LogP contribution >= 0.6 is 12.6 Å². The highest BCUT2D eigenvalue weighted by Crippen LogP contribution is 2.00. The second kappa shape index (κ2) is 8.11. The molecule has 0 heterocycles. The van der Waals surface area contributed by atoms with Crippen LogP contribution in [-0.2, 0) is 9.59 Å². The molecule has 0 fully saturated rings. The van der Waals surface area contributed by atoms with Gasteiger partial charge in [0.05, 0.1) is 11.3 Å². The molecular formula is C10H15NO3S. The van der Waals surface area contributed by atoms with Crippen molar-refractivity contribution in [3.63, 3.8) is 0 Å². The van der Waals surface area contributed by atoms with E-state index in [0.717, 1.165) is 6.42 Å². The summed E-state index contributed by atoms with van der Waals surface area (Å²) in [5.74, 6) is -1.30. The number of rotatable bonds is 6. The molecule has 0 aliphatic carbocycles. The topological polar surface area (TPSA) is 66.4 Å². The molecule has 1 amide bonds. The Kier molecular flexibility index (Phi) is 7.44. The molecule has 84 valence electrons. The van der Waals surface area contributed by atoms with Crippen LogP contribution in [0.15, 0.2) is 23.1 Å². The van der Waals surface area contributed by atoms with E-state index in [4.69, 9.17) is 5.11 Å². The average molecular weight is 229 g/mol. The van der Waals surface area contributed by atoms with Crippen LogP contribution in [0.5, 0.6) is 0 Å². The first kappa shape index (κ1) is 13.8. The van der Waals surface area contributed by atoms with Gasteiger partial charge in [0.15, 0.2) is 0 Å². The van der Waals surface area contributed by atoms with Gasteiger partial charge in [0, 0.05) is 6.54 Å². The van der Waals surface area contributed by atoms with Crippen LogP contribution in [0.2, 0.25) is 0 Å². The molecule has 0 saturated heterocycles. The van der Waals surface area contributed by atoms with Gasteiger partial charge in [0.2, 0.25) is 0 Å². The van der Waals surface area contributed by atoms with E-state index in [9.17, 15) is 9.59 Å². The zero-order chi connectivity index (χ0) is 11.7. The van der Waals surface area contributed by atoms with E-state index < -0.39 is 5.97 Å². The van der Waals surface area contributed by atoms with Gasteiger partial charge in [-0.2, -0.15) is 0 Å². The fourth-order valence-corrected chi connectivity index (χ4v) is 0.910. The minimum atomic E-state index is -0.939. The van der Waals surface area contributed by atoms with Gasteiger partial charge >= 0.3 is 5.97 Å². The SMILES string of the molecule is CC/C=C/C=C(\S)C(=O)NCCC(=O)O. The number of allylic oxidation sites excluding steroid dienone is 3. The van der Waals surface area contributed by atoms with Crippen molar-refractivity contribution < 1.29 is 14.7 Å². The molecule has 0 atom stereocenters. The molecule has 15 heavy (non-hydrogen) atoms. The number of hydrogen-bond donors (Lipinski definition) is 3. The van der Waals surface area contributed by atoms with Crippen LogP contribution in [0.25, 0.3) is 0 Å². The third-order valence-corrected chi connectivity index (χ3v) is 1.84. The number of carbonyl (C=O) groups excluding carboxylic acids is 1. The summed E-state index contributed by atoms with van der Waals surface area (Å²) in [4.78, 5) is 21.7. The smallest absolute Gasteiger partial charge is 0.305 e. The quantitative estimate of drug-likeness (QED) is 0.366. The Hall–Kier alpha value is -1.23. The lowest BCUT2D eigenvalue weighted by molar-refractivity contribution is -0.136. The Labute approximate surface area is 94.5 Å². The van der Waals surface area contributed by atoms with Crippen LogP contribution in [0, 0.1) is 0 Å². The monoisotopic (exact) mass is 229 g/mol. The lowest BCUT2D eigenvalue weighted by Gasteiger charge is -2.01. The van der Waals surface area contributed by atoms with E-state index in [-0.39, 0.29) is 23.8 Å². The summed E-state index contributed by atoms with van der Waals surface area (Å²) in [6, 6.07) is 0. The van der Waals surface area contributed by atoms with E-state index in [1.54, 1.807) is 12.2 Å². The van der Waals surface area contributed by atoms with Crippen LogP contribution in [0.1, 0.15) is 19.8 Å². The molecule has 0 aliphatic rings. The molecule has 0 spiro atoms. The third kappa shape index (κ3) is 7.81. The standard InChI is InChI=1S/C10H15NO3S/c1-2-3-4-5-8(15)10(14)11-7-6-9(12)13/h3-5,15H,2,6-7H2,1H3,(H,11,14)(H,12,13)/b4-3+,8-5-. The zero-order valence-electron chi connectivity index (χ0n) is 8.56. The largest absolute Gasteiger partial charge is 0.481 e. The zero-order valence-corrected chi connectivity index (χ0v) is 9.46. The van der Waals surface area contributed by atoms with Crippen molar-refractivity contribution >= 4 is 24.5 Å². The lowest BCUT2D eigenvalue weighted by atomic mass is 10.3. The summed E-state index contributed by atoms with van der Waals surface area (Å²) < 4.78 is 0. The third-order valence-electron chi connectivity index (χ3n) is 1.48. The van der Waals surface area contributed by atoms with Crippen LogP contribution in [0.4, 0.5) is 0 Å². The number of nitrogens with one attached hydrogen (secondary N) is 1. The molecule has 0 aliphatic heterocycles. The fourth-order valence-electron chi connectivity index (χ4n) is 0.744. The lowest BCUT2D eigenvalue weighted by Crippen LogP contribution is -2.25. The summed E-state index contributed by atoms with van der Waals surface area (Å²) >= 11 is 3.97. The van der Waals surface area contributed by atoms with Gasteiger partial charge in [-0.05, 0) is 12.5 Å². The minimum Gasteiger partial charge on any atom is -0.481 e. The molecule has 0 unspecified atom stereocenters. The first-order valence-electron chi connectivity index (χ1n) is 4.63. The van der Waals surface area contributed by atoms with Gasteiger partial charge in [-0.25, -0.2) is 0 Å². The molecule has 0 aromatic rings. The Bertz CT molecular complexity index is 284. The maximum absolute atomic E-state index is 11.2. The van der Waals surface area contributed by atoms with E-state index in [1.165, 1.54) is 0 Å². The fraction of sp³-hybridized carbons (Fsp3) is 0.400. The molecule has 5 heteroatoms. The maximum Gasteiger partial charge on any atom is 0.305 e. The maximum atomic E-state index is 11.2. The molecule has 4 nitrogen and oxygen atoms in total. The summed E-state index contributed by atoms with van der Waals surface area (Å²) in [6.45, 7) is 2.10. The second-order valence-corrected chi connectivity index (χ2v) is 3.27. The summed E-state index contributed by atoms with van der Waals surface area (Å²) in [6.07, 6.45) is 6.00. The minimum absolute atomic E-state index is 0.0857. The summed E-state index contributed by atoms with van der Waals surface area (Å²) in [5.41, 5.74) is 0. The molecule has 2 N–H and O–H groups in total. The Balaban J connectivity index is 3.93. The van der Waals surface area contributed by atoms with E-state index >= 15 is 0 Å². The van der Waals surface area contributed by atoms with Crippen LogP contribution < -0.4 is 5.32 Å². The molecular weight excluding hydrogens is 214 g/mol. The van der Waals surface area contributed by atoms with E-state index in [1.807, 2.05) is 13.0 Å². The number of hydrogen-bond acceptors (Lipinski definition) is 3. The van der Waals surface area contributed by atoms with Crippen molar-refractivity contribution in [1.82, 2.24) is 5.32 Å². The highest BCUT2D eigenvalue weighted by atomic mass is 32.1. The van der Waals surface area contributed by atoms with Crippen LogP contribution in [-0.4, -0.2) is 23.5 Å². The van der Waals surface area contributed by atoms with Gasteiger partial charge in [-0.15, -0.1) is 12.6 Å². The molecule has 0 aromatic heterocycles. The summed E-state index contributed by atoms with van der Waals surface area (Å²) in [7, 11) is 0. The first-order valence-corrected chi connectivity index (χ1v) is 5.08. The predicted octanol–water partition coefficient (Wildman–Crippen LogP) is 1.36. The molecule has 0 rings (SSSR count). The van der Waals surface area contributed by atoms with Crippen molar-refractivity contribution in [2.75, 3.05) is 6.54 Å². The van der Waals surface area contributed by atoms with Crippen molar-refractivity contribution in [2.24, 2.45) is 0 Å². The molecule has 0 radical (unpaired) electrons. The Morgan fingerprint density at radius 1 is 1.47 bits per heavy atom. The van der Waals surface area contributed by atoms with Crippen molar-refractivity contribution in [3.8, 4) is 0 Å². The number of aliphatic carboxylic acids is 1. The van der Waals surface area contributed by atoms with Gasteiger partial charge in [-0.1, -0.05) is 19.1 Å². The highest BCUT2D eigenvalue weighted by molar-refractivity contribution is 7.85. The number of carbonyl (C=O) groups is 2. The van der Waals surface area contributed by atoms with E-state index in [2.05, 4.69) is 17.9 Å². The summed E-state index contributed by atoms with van der Waals surface area (Å²) in [5, 5.41) is 10.8. The molecule has 0 saturated carbocycles. The normalized spacial score (nSPS) is 11.7. The van der Waals surface area contributed by atoms with Gasteiger partial charge in [0.1, 0.15) is 0 Å². The van der Waals surface area contributed by atoms with Gasteiger partial charge in [-0.3, -0.25) is 9.59 Å². The average Bonchev–Trinajstić information content (AvgIpc) is 2.17. The molecule has 0 aromatic carbocycles. The number of amides is 1. The van der Waals surface area contributed by atoms with Crippen LogP contribution in [0.3, 0.4) is 0 Å². The highest BCUT2D eigenvalue weighted by Gasteiger charge is 2.04. The molecule has 0 bridgehead atoms. The number of carboxylic acid groups (broad SMARTS) is 1. The number of thiol groups is 1. The van der Waals surface area contributed by atoms with Gasteiger partial charge in [0.25, 0.3) is 5.91 Å². The first-order chi connectivity index (χ1) is 7.07. The second-order valence-electron chi connectivity index (χ2n) is 2.79. The van der Waals surface area contributed by atoms with Crippen molar-refractivity contribution in [2.45, 2.75) is 19.8 Å². The van der Waals surface area contributed by atoms with Gasteiger partial charge < -0.3 is 10.4 Å². The Morgan fingerprint density at radius 2 is 2.13 bits per heavy atom. The Morgan fingerprint density at radius 3 is 2.67 bits per heavy atom. The number of carboxylic acids is 1. The predicted molar refractivity (Wildman–Crippen MR) is 61.8 cm³/mol.